The summed E-state index contributed by atoms with van der Waals surface area (Å²) in [5.74, 6) is 0.713. The van der Waals surface area contributed by atoms with Crippen LogP contribution < -0.4 is 5.32 Å². The third-order valence-electron chi connectivity index (χ3n) is 3.56. The molecule has 1 aromatic carbocycles. The molecule has 2 rings (SSSR count). The number of nitrogens with one attached hydrogen (secondary N) is 1. The molecule has 1 aromatic rings. The molecule has 0 aromatic heterocycles. The van der Waals surface area contributed by atoms with Crippen LogP contribution in [0.4, 0.5) is 0 Å². The number of benzene rings is 1. The second-order valence-corrected chi connectivity index (χ2v) is 4.97. The maximum absolute atomic E-state index is 8.97. The molecule has 16 heavy (non-hydrogen) atoms. The van der Waals surface area contributed by atoms with Crippen molar-refractivity contribution in [3.8, 4) is 0 Å². The molecule has 0 bridgehead atoms. The van der Waals surface area contributed by atoms with Crippen LogP contribution in [0.3, 0.4) is 0 Å². The lowest BCUT2D eigenvalue weighted by molar-refractivity contribution is 0.204. The molecule has 0 spiro atoms. The van der Waals surface area contributed by atoms with Gasteiger partial charge in [-0.3, -0.25) is 0 Å². The van der Waals surface area contributed by atoms with Crippen LogP contribution in [-0.4, -0.2) is 23.8 Å². The summed E-state index contributed by atoms with van der Waals surface area (Å²) in [6.45, 7) is 4.44. The lowest BCUT2D eigenvalue weighted by atomic mass is 9.74. The van der Waals surface area contributed by atoms with Crippen molar-refractivity contribution in [1.82, 2.24) is 5.32 Å². The van der Waals surface area contributed by atoms with Crippen LogP contribution in [0, 0.1) is 6.92 Å². The molecule has 1 fully saturated rings. The van der Waals surface area contributed by atoms with Gasteiger partial charge in [-0.1, -0.05) is 24.3 Å². The predicted molar refractivity (Wildman–Crippen MR) is 66.6 cm³/mol. The van der Waals surface area contributed by atoms with E-state index in [9.17, 15) is 0 Å². The van der Waals surface area contributed by atoms with E-state index < -0.39 is 0 Å². The van der Waals surface area contributed by atoms with Gasteiger partial charge in [-0.15, -0.1) is 0 Å². The molecule has 1 unspecified atom stereocenters. The Bertz CT molecular complexity index is 344. The van der Waals surface area contributed by atoms with E-state index in [4.69, 9.17) is 5.11 Å². The van der Waals surface area contributed by atoms with E-state index in [1.165, 1.54) is 24.0 Å². The Balaban J connectivity index is 1.87. The zero-order valence-corrected chi connectivity index (χ0v) is 10.1. The van der Waals surface area contributed by atoms with Crippen molar-refractivity contribution in [3.63, 3.8) is 0 Å². The van der Waals surface area contributed by atoms with Gasteiger partial charge in [0.2, 0.25) is 0 Å². The van der Waals surface area contributed by atoms with E-state index in [-0.39, 0.29) is 12.6 Å². The highest BCUT2D eigenvalue weighted by atomic mass is 16.3. The molecule has 0 aliphatic heterocycles. The molecule has 2 nitrogen and oxygen atoms in total. The number of hydrogen-bond donors (Lipinski definition) is 2. The first kappa shape index (κ1) is 11.6. The van der Waals surface area contributed by atoms with E-state index in [1.54, 1.807) is 0 Å². The minimum Gasteiger partial charge on any atom is -0.395 e. The molecular weight excluding hydrogens is 198 g/mol. The van der Waals surface area contributed by atoms with Crippen LogP contribution in [-0.2, 0) is 0 Å². The van der Waals surface area contributed by atoms with Gasteiger partial charge in [-0.2, -0.15) is 0 Å². The van der Waals surface area contributed by atoms with Crippen molar-refractivity contribution < 1.29 is 5.11 Å². The van der Waals surface area contributed by atoms with Gasteiger partial charge in [0.05, 0.1) is 6.61 Å². The van der Waals surface area contributed by atoms with Gasteiger partial charge in [0.1, 0.15) is 0 Å². The highest BCUT2D eigenvalue weighted by Gasteiger charge is 2.31. The molecule has 88 valence electrons. The molecule has 0 amide bonds. The van der Waals surface area contributed by atoms with E-state index in [0.717, 1.165) is 0 Å². The zero-order chi connectivity index (χ0) is 11.5. The zero-order valence-electron chi connectivity index (χ0n) is 10.1. The Hall–Kier alpha value is -0.860. The molecule has 1 aliphatic carbocycles. The largest absolute Gasteiger partial charge is 0.395 e. The summed E-state index contributed by atoms with van der Waals surface area (Å²) in [7, 11) is 0. The third kappa shape index (κ3) is 2.45. The van der Waals surface area contributed by atoms with E-state index >= 15 is 0 Å². The van der Waals surface area contributed by atoms with Crippen molar-refractivity contribution in [3.05, 3.63) is 35.4 Å². The van der Waals surface area contributed by atoms with Crippen molar-refractivity contribution in [1.29, 1.82) is 0 Å². The summed E-state index contributed by atoms with van der Waals surface area (Å²) in [5.41, 5.74) is 2.90. The Morgan fingerprint density at radius 1 is 1.38 bits per heavy atom. The van der Waals surface area contributed by atoms with Gasteiger partial charge in [0.15, 0.2) is 0 Å². The summed E-state index contributed by atoms with van der Waals surface area (Å²) < 4.78 is 0. The van der Waals surface area contributed by atoms with Crippen LogP contribution in [0.5, 0.6) is 0 Å². The molecule has 1 aliphatic rings. The fraction of sp³-hybridized carbons (Fsp3) is 0.571. The molecule has 1 atom stereocenters. The van der Waals surface area contributed by atoms with Gasteiger partial charge < -0.3 is 10.4 Å². The lowest BCUT2D eigenvalue weighted by Gasteiger charge is -2.38. The van der Waals surface area contributed by atoms with Crippen LogP contribution in [0.2, 0.25) is 0 Å². The van der Waals surface area contributed by atoms with Crippen molar-refractivity contribution in [2.45, 2.75) is 44.7 Å². The number of aliphatic hydroxyl groups is 1. The highest BCUT2D eigenvalue weighted by molar-refractivity contribution is 5.31. The molecule has 2 N–H and O–H groups in total. The van der Waals surface area contributed by atoms with Crippen molar-refractivity contribution in [2.24, 2.45) is 0 Å². The molecule has 0 radical (unpaired) electrons. The van der Waals surface area contributed by atoms with Gasteiger partial charge in [0.25, 0.3) is 0 Å². The van der Waals surface area contributed by atoms with Crippen LogP contribution in [0.15, 0.2) is 24.3 Å². The standard InChI is InChI=1S/C14H21NO/c1-10-5-3-4-6-14(10)12-7-13(8-12)15-11(2)9-16/h3-6,11-13,15-16H,7-9H2,1-2H3. The minimum atomic E-state index is 0.225. The minimum absolute atomic E-state index is 0.225. The SMILES string of the molecule is Cc1ccccc1C1CC(NC(C)CO)C1. The summed E-state index contributed by atoms with van der Waals surface area (Å²) in [4.78, 5) is 0. The lowest BCUT2D eigenvalue weighted by Crippen LogP contribution is -2.45. The number of hydrogen-bond acceptors (Lipinski definition) is 2. The van der Waals surface area contributed by atoms with Crippen LogP contribution in [0.1, 0.15) is 36.8 Å². The van der Waals surface area contributed by atoms with Gasteiger partial charge in [-0.25, -0.2) is 0 Å². The average Bonchev–Trinajstić information content (AvgIpc) is 2.24. The summed E-state index contributed by atoms with van der Waals surface area (Å²) in [5, 5.41) is 12.4. The summed E-state index contributed by atoms with van der Waals surface area (Å²) in [6.07, 6.45) is 2.41. The average molecular weight is 219 g/mol. The smallest absolute Gasteiger partial charge is 0.0582 e. The van der Waals surface area contributed by atoms with Crippen molar-refractivity contribution >= 4 is 0 Å². The molecular formula is C14H21NO. The summed E-state index contributed by atoms with van der Waals surface area (Å²) >= 11 is 0. The Morgan fingerprint density at radius 3 is 2.69 bits per heavy atom. The Kier molecular flexibility index (Phi) is 3.62. The second-order valence-electron chi connectivity index (χ2n) is 4.97. The molecule has 2 heteroatoms. The van der Waals surface area contributed by atoms with E-state index in [2.05, 4.69) is 36.5 Å². The fourth-order valence-electron chi connectivity index (χ4n) is 2.51. The van der Waals surface area contributed by atoms with Gasteiger partial charge in [0, 0.05) is 12.1 Å². The first-order valence-electron chi connectivity index (χ1n) is 6.13. The number of aliphatic hydroxyl groups excluding tert-OH is 1. The normalized spacial score (nSPS) is 26.2. The highest BCUT2D eigenvalue weighted by Crippen LogP contribution is 2.38. The maximum atomic E-state index is 8.97. The monoisotopic (exact) mass is 219 g/mol. The topological polar surface area (TPSA) is 32.3 Å². The predicted octanol–water partition coefficient (Wildman–Crippen LogP) is 2.21. The Labute approximate surface area is 97.7 Å². The molecule has 0 saturated heterocycles. The molecule has 0 heterocycles. The first-order valence-corrected chi connectivity index (χ1v) is 6.13. The van der Waals surface area contributed by atoms with Crippen LogP contribution >= 0.6 is 0 Å². The number of aryl methyl sites for hydroxylation is 1. The van der Waals surface area contributed by atoms with Crippen LogP contribution in [0.25, 0.3) is 0 Å². The Morgan fingerprint density at radius 2 is 2.06 bits per heavy atom. The van der Waals surface area contributed by atoms with Gasteiger partial charge >= 0.3 is 0 Å². The summed E-state index contributed by atoms with van der Waals surface area (Å²) in [6, 6.07) is 9.47. The molecule has 1 saturated carbocycles. The maximum Gasteiger partial charge on any atom is 0.0582 e. The van der Waals surface area contributed by atoms with E-state index in [1.807, 2.05) is 6.92 Å². The van der Waals surface area contributed by atoms with Gasteiger partial charge in [-0.05, 0) is 43.7 Å². The first-order chi connectivity index (χ1) is 7.70. The van der Waals surface area contributed by atoms with Crippen molar-refractivity contribution in [2.75, 3.05) is 6.61 Å². The second kappa shape index (κ2) is 4.98. The quantitative estimate of drug-likeness (QED) is 0.813. The number of rotatable bonds is 4. The third-order valence-corrected chi connectivity index (χ3v) is 3.56. The van der Waals surface area contributed by atoms with E-state index in [0.29, 0.717) is 12.0 Å². The fourth-order valence-corrected chi connectivity index (χ4v) is 2.51.